The molecule has 3 aromatic rings. The third-order valence-corrected chi connectivity index (χ3v) is 4.16. The van der Waals surface area contributed by atoms with Gasteiger partial charge in [0.2, 0.25) is 0 Å². The first-order valence-corrected chi connectivity index (χ1v) is 8.66. The first-order chi connectivity index (χ1) is 14.4. The number of para-hydroxylation sites is 4. The first-order valence-electron chi connectivity index (χ1n) is 8.66. The lowest BCUT2D eigenvalue weighted by molar-refractivity contribution is 0.0682. The Morgan fingerprint density at radius 1 is 0.633 bits per heavy atom. The Kier molecular flexibility index (Phi) is 5.88. The minimum atomic E-state index is -1.25. The summed E-state index contributed by atoms with van der Waals surface area (Å²) in [5.41, 5.74) is 0.810. The molecule has 0 aliphatic heterocycles. The van der Waals surface area contributed by atoms with Crippen LogP contribution in [-0.2, 0) is 0 Å². The molecule has 0 aliphatic rings. The summed E-state index contributed by atoms with van der Waals surface area (Å²) in [6.07, 6.45) is 2.64. The number of hydrogen-bond donors (Lipinski definition) is 4. The summed E-state index contributed by atoms with van der Waals surface area (Å²) in [5.74, 6) is -3.30. The minimum absolute atomic E-state index is 0.223. The predicted molar refractivity (Wildman–Crippen MR) is 111 cm³/mol. The molecule has 0 amide bonds. The van der Waals surface area contributed by atoms with Crippen molar-refractivity contribution in [3.63, 3.8) is 0 Å². The Hall–Kier alpha value is -4.46. The quantitative estimate of drug-likeness (QED) is 0.458. The van der Waals surface area contributed by atoms with Crippen molar-refractivity contribution in [2.24, 2.45) is 9.98 Å². The molecule has 0 atom stereocenters. The van der Waals surface area contributed by atoms with E-state index >= 15 is 0 Å². The van der Waals surface area contributed by atoms with E-state index in [9.17, 15) is 19.8 Å². The molecule has 0 aromatic heterocycles. The normalized spacial score (nSPS) is 11.2. The zero-order valence-electron chi connectivity index (χ0n) is 15.4. The van der Waals surface area contributed by atoms with E-state index in [1.165, 1.54) is 48.8 Å². The molecule has 0 fully saturated rings. The molecule has 30 heavy (non-hydrogen) atoms. The number of carboxylic acids is 2. The smallest absolute Gasteiger partial charge is 0.339 e. The van der Waals surface area contributed by atoms with Crippen LogP contribution in [0.5, 0.6) is 11.5 Å². The molecular formula is C22H16N2O6. The molecule has 0 saturated carbocycles. The molecule has 0 saturated heterocycles. The number of aromatic carboxylic acids is 2. The number of rotatable bonds is 6. The van der Waals surface area contributed by atoms with Crippen molar-refractivity contribution in [3.8, 4) is 11.5 Å². The second kappa shape index (κ2) is 8.70. The Labute approximate surface area is 170 Å². The van der Waals surface area contributed by atoms with E-state index < -0.39 is 23.4 Å². The van der Waals surface area contributed by atoms with Crippen molar-refractivity contribution in [1.82, 2.24) is 0 Å². The van der Waals surface area contributed by atoms with Gasteiger partial charge in [-0.25, -0.2) is 9.59 Å². The fourth-order valence-corrected chi connectivity index (χ4v) is 2.64. The van der Waals surface area contributed by atoms with Crippen LogP contribution in [0, 0.1) is 0 Å². The summed E-state index contributed by atoms with van der Waals surface area (Å²) >= 11 is 0. The van der Waals surface area contributed by atoms with Crippen LogP contribution < -0.4 is 0 Å². The molecule has 8 heteroatoms. The van der Waals surface area contributed by atoms with E-state index in [4.69, 9.17) is 10.2 Å². The van der Waals surface area contributed by atoms with E-state index in [0.717, 1.165) is 0 Å². The maximum Gasteiger partial charge on any atom is 0.339 e. The summed E-state index contributed by atoms with van der Waals surface area (Å²) in [6, 6.07) is 15.4. The molecule has 0 bridgehead atoms. The van der Waals surface area contributed by atoms with Gasteiger partial charge in [0.1, 0.15) is 22.6 Å². The number of benzene rings is 3. The van der Waals surface area contributed by atoms with Gasteiger partial charge in [0, 0.05) is 23.6 Å². The molecule has 8 nitrogen and oxygen atoms in total. The lowest BCUT2D eigenvalue weighted by atomic mass is 10.1. The highest BCUT2D eigenvalue weighted by Gasteiger charge is 2.13. The van der Waals surface area contributed by atoms with E-state index in [-0.39, 0.29) is 22.3 Å². The Morgan fingerprint density at radius 2 is 1.03 bits per heavy atom. The van der Waals surface area contributed by atoms with Crippen molar-refractivity contribution in [1.29, 1.82) is 0 Å². The van der Waals surface area contributed by atoms with Gasteiger partial charge in [-0.15, -0.1) is 0 Å². The third kappa shape index (κ3) is 4.33. The number of carboxylic acid groups (broad SMARTS) is 2. The maximum atomic E-state index is 11.1. The number of hydrogen-bond acceptors (Lipinski definition) is 6. The molecule has 3 rings (SSSR count). The summed E-state index contributed by atoms with van der Waals surface area (Å²) in [6.45, 7) is 0. The van der Waals surface area contributed by atoms with Crippen LogP contribution in [0.15, 0.2) is 70.6 Å². The molecule has 4 N–H and O–H groups in total. The summed E-state index contributed by atoms with van der Waals surface area (Å²) in [5, 5.41) is 38.4. The average Bonchev–Trinajstić information content (AvgIpc) is 2.72. The largest absolute Gasteiger partial charge is 0.506 e. The van der Waals surface area contributed by atoms with Gasteiger partial charge >= 0.3 is 11.9 Å². The average molecular weight is 404 g/mol. The van der Waals surface area contributed by atoms with Crippen LogP contribution in [0.25, 0.3) is 0 Å². The van der Waals surface area contributed by atoms with Crippen LogP contribution >= 0.6 is 0 Å². The number of phenols is 2. The summed E-state index contributed by atoms with van der Waals surface area (Å²) in [4.78, 5) is 30.8. The van der Waals surface area contributed by atoms with Crippen LogP contribution in [0.3, 0.4) is 0 Å². The van der Waals surface area contributed by atoms with Crippen LogP contribution in [0.4, 0.5) is 11.4 Å². The van der Waals surface area contributed by atoms with E-state index in [2.05, 4.69) is 9.98 Å². The van der Waals surface area contributed by atoms with Crippen LogP contribution in [-0.4, -0.2) is 44.8 Å². The summed E-state index contributed by atoms with van der Waals surface area (Å²) in [7, 11) is 0. The van der Waals surface area contributed by atoms with Gasteiger partial charge in [-0.05, 0) is 36.4 Å². The Morgan fingerprint density at radius 3 is 1.40 bits per heavy atom. The third-order valence-electron chi connectivity index (χ3n) is 4.16. The number of carbonyl (C=O) groups is 2. The second-order valence-electron chi connectivity index (χ2n) is 6.10. The standard InChI is InChI=1S/C22H16N2O6/c25-19-13(5-3-7-15(19)21(27)28)11-23-17-9-1-2-10-18(17)24-12-14-6-4-8-16(20(14)26)22(29)30/h1-12,25-26H,(H,27,28)(H,29,30). The highest BCUT2D eigenvalue weighted by molar-refractivity contribution is 5.98. The zero-order valence-corrected chi connectivity index (χ0v) is 15.4. The molecular weight excluding hydrogens is 388 g/mol. The number of nitrogens with zero attached hydrogens (tertiary/aromatic N) is 2. The topological polar surface area (TPSA) is 140 Å². The molecule has 0 heterocycles. The van der Waals surface area contributed by atoms with Gasteiger partial charge in [-0.1, -0.05) is 24.3 Å². The van der Waals surface area contributed by atoms with E-state index in [1.54, 1.807) is 24.3 Å². The number of aliphatic imine (C=N–C) groups is 2. The van der Waals surface area contributed by atoms with Crippen molar-refractivity contribution >= 4 is 35.7 Å². The van der Waals surface area contributed by atoms with Gasteiger partial charge in [-0.3, -0.25) is 9.98 Å². The SMILES string of the molecule is O=C(O)c1cccc(C=Nc2ccccc2N=Cc2cccc(C(=O)O)c2O)c1O. The minimum Gasteiger partial charge on any atom is -0.506 e. The van der Waals surface area contributed by atoms with Gasteiger partial charge < -0.3 is 20.4 Å². The predicted octanol–water partition coefficient (Wildman–Crippen LogP) is 4.00. The van der Waals surface area contributed by atoms with Crippen LogP contribution in [0.2, 0.25) is 0 Å². The maximum absolute atomic E-state index is 11.1. The number of aromatic hydroxyl groups is 2. The highest BCUT2D eigenvalue weighted by Crippen LogP contribution is 2.29. The lowest BCUT2D eigenvalue weighted by Crippen LogP contribution is -1.98. The molecule has 0 spiro atoms. The fourth-order valence-electron chi connectivity index (χ4n) is 2.64. The van der Waals surface area contributed by atoms with Crippen molar-refractivity contribution in [2.45, 2.75) is 0 Å². The molecule has 3 aromatic carbocycles. The van der Waals surface area contributed by atoms with Crippen LogP contribution in [0.1, 0.15) is 31.8 Å². The fraction of sp³-hybridized carbons (Fsp3) is 0. The molecule has 0 unspecified atom stereocenters. The highest BCUT2D eigenvalue weighted by atomic mass is 16.4. The monoisotopic (exact) mass is 404 g/mol. The van der Waals surface area contributed by atoms with Crippen molar-refractivity contribution in [3.05, 3.63) is 82.9 Å². The van der Waals surface area contributed by atoms with Gasteiger partial charge in [0.05, 0.1) is 11.4 Å². The van der Waals surface area contributed by atoms with Crippen molar-refractivity contribution < 1.29 is 30.0 Å². The zero-order chi connectivity index (χ0) is 21.7. The Bertz CT molecular complexity index is 1090. The second-order valence-corrected chi connectivity index (χ2v) is 6.10. The molecule has 0 radical (unpaired) electrons. The first kappa shape index (κ1) is 20.3. The molecule has 0 aliphatic carbocycles. The van der Waals surface area contributed by atoms with Gasteiger partial charge in [0.15, 0.2) is 0 Å². The van der Waals surface area contributed by atoms with E-state index in [0.29, 0.717) is 11.4 Å². The Balaban J connectivity index is 1.93. The lowest BCUT2D eigenvalue weighted by Gasteiger charge is -2.04. The van der Waals surface area contributed by atoms with E-state index in [1.807, 2.05) is 0 Å². The van der Waals surface area contributed by atoms with Crippen molar-refractivity contribution in [2.75, 3.05) is 0 Å². The summed E-state index contributed by atoms with van der Waals surface area (Å²) < 4.78 is 0. The van der Waals surface area contributed by atoms with Gasteiger partial charge in [-0.2, -0.15) is 0 Å². The molecule has 150 valence electrons. The van der Waals surface area contributed by atoms with Gasteiger partial charge in [0.25, 0.3) is 0 Å².